The van der Waals surface area contributed by atoms with E-state index in [0.29, 0.717) is 29.5 Å². The first kappa shape index (κ1) is 17.0. The van der Waals surface area contributed by atoms with Gasteiger partial charge in [0.1, 0.15) is 5.82 Å². The van der Waals surface area contributed by atoms with E-state index in [1.165, 1.54) is 6.07 Å². The monoisotopic (exact) mass is 328 g/mol. The molecule has 22 heavy (non-hydrogen) atoms. The molecule has 2 rings (SSSR count). The number of halogens is 2. The third-order valence-corrected chi connectivity index (χ3v) is 4.63. The molecule has 6 heteroatoms. The normalized spacial score (nSPS) is 16.6. The van der Waals surface area contributed by atoms with Gasteiger partial charge in [0.25, 0.3) is 0 Å². The average molecular weight is 329 g/mol. The predicted molar refractivity (Wildman–Crippen MR) is 84.9 cm³/mol. The molecule has 0 unspecified atom stereocenters. The smallest absolute Gasteiger partial charge is 0.404 e. The lowest BCUT2D eigenvalue weighted by atomic mass is 9.93. The van der Waals surface area contributed by atoms with Crippen LogP contribution in [0.15, 0.2) is 18.2 Å². The number of hydrogen-bond donors (Lipinski definition) is 2. The van der Waals surface area contributed by atoms with Crippen molar-refractivity contribution in [2.75, 3.05) is 26.2 Å². The van der Waals surface area contributed by atoms with E-state index in [0.717, 1.165) is 38.9 Å². The summed E-state index contributed by atoms with van der Waals surface area (Å²) in [6, 6.07) is 4.79. The lowest BCUT2D eigenvalue weighted by Crippen LogP contribution is -2.36. The lowest BCUT2D eigenvalue weighted by molar-refractivity contribution is 0.175. The summed E-state index contributed by atoms with van der Waals surface area (Å²) in [7, 11) is 0. The van der Waals surface area contributed by atoms with E-state index >= 15 is 0 Å². The van der Waals surface area contributed by atoms with Crippen LogP contribution in [0.3, 0.4) is 0 Å². The lowest BCUT2D eigenvalue weighted by Gasteiger charge is -2.32. The number of hydrogen-bond acceptors (Lipinski definition) is 2. The van der Waals surface area contributed by atoms with Crippen molar-refractivity contribution in [3.63, 3.8) is 0 Å². The second kappa shape index (κ2) is 8.34. The van der Waals surface area contributed by atoms with Crippen molar-refractivity contribution < 1.29 is 14.3 Å². The molecule has 1 aromatic rings. The van der Waals surface area contributed by atoms with Crippen LogP contribution in [-0.4, -0.2) is 42.3 Å². The Bertz CT molecular complexity index is 485. The highest BCUT2D eigenvalue weighted by Gasteiger charge is 2.19. The van der Waals surface area contributed by atoms with E-state index in [4.69, 9.17) is 16.7 Å². The summed E-state index contributed by atoms with van der Waals surface area (Å²) >= 11 is 6.04. The van der Waals surface area contributed by atoms with E-state index in [1.54, 1.807) is 12.1 Å². The maximum absolute atomic E-state index is 13.7. The van der Waals surface area contributed by atoms with Gasteiger partial charge in [0.2, 0.25) is 0 Å². The zero-order valence-corrected chi connectivity index (χ0v) is 13.3. The van der Waals surface area contributed by atoms with Crippen molar-refractivity contribution in [1.82, 2.24) is 10.2 Å². The first-order valence-corrected chi connectivity index (χ1v) is 8.06. The molecule has 0 atom stereocenters. The van der Waals surface area contributed by atoms with Gasteiger partial charge < -0.3 is 15.3 Å². The Morgan fingerprint density at radius 1 is 1.41 bits per heavy atom. The molecule has 122 valence electrons. The number of carbonyl (C=O) groups is 1. The van der Waals surface area contributed by atoms with Crippen LogP contribution in [0.25, 0.3) is 0 Å². The number of nitrogens with one attached hydrogen (secondary N) is 1. The summed E-state index contributed by atoms with van der Waals surface area (Å²) in [6.45, 7) is 3.28. The highest BCUT2D eigenvalue weighted by molar-refractivity contribution is 6.31. The van der Waals surface area contributed by atoms with Gasteiger partial charge in [-0.15, -0.1) is 0 Å². The first-order valence-electron chi connectivity index (χ1n) is 7.68. The van der Waals surface area contributed by atoms with Gasteiger partial charge in [-0.05, 0) is 56.8 Å². The second-order valence-corrected chi connectivity index (χ2v) is 6.16. The summed E-state index contributed by atoms with van der Waals surface area (Å²) in [5.74, 6) is 0.335. The summed E-state index contributed by atoms with van der Waals surface area (Å²) in [4.78, 5) is 12.7. The zero-order valence-electron chi connectivity index (χ0n) is 12.5. The maximum Gasteiger partial charge on any atom is 0.404 e. The maximum atomic E-state index is 13.7. The van der Waals surface area contributed by atoms with Crippen molar-refractivity contribution in [1.29, 1.82) is 0 Å². The molecule has 0 aromatic heterocycles. The molecule has 0 spiro atoms. The minimum atomic E-state index is -0.959. The molecule has 1 aliphatic heterocycles. The molecule has 0 bridgehead atoms. The van der Waals surface area contributed by atoms with Crippen LogP contribution in [0.4, 0.5) is 9.18 Å². The van der Waals surface area contributed by atoms with Gasteiger partial charge in [-0.3, -0.25) is 0 Å². The number of rotatable bonds is 6. The van der Waals surface area contributed by atoms with Crippen LogP contribution < -0.4 is 5.32 Å². The van der Waals surface area contributed by atoms with Gasteiger partial charge >= 0.3 is 6.09 Å². The predicted octanol–water partition coefficient (Wildman–Crippen LogP) is 3.39. The van der Waals surface area contributed by atoms with E-state index in [-0.39, 0.29) is 5.82 Å². The van der Waals surface area contributed by atoms with E-state index in [1.807, 2.05) is 0 Å². The van der Waals surface area contributed by atoms with Crippen molar-refractivity contribution in [3.8, 4) is 0 Å². The Kier molecular flexibility index (Phi) is 6.46. The zero-order chi connectivity index (χ0) is 15.9. The Morgan fingerprint density at radius 3 is 2.77 bits per heavy atom. The Hall–Kier alpha value is -1.33. The molecular weight excluding hydrogens is 307 g/mol. The quantitative estimate of drug-likeness (QED) is 0.841. The molecule has 0 saturated carbocycles. The van der Waals surface area contributed by atoms with Crippen LogP contribution >= 0.6 is 11.6 Å². The van der Waals surface area contributed by atoms with E-state index in [9.17, 15) is 9.18 Å². The molecule has 4 nitrogen and oxygen atoms in total. The van der Waals surface area contributed by atoms with Gasteiger partial charge in [-0.1, -0.05) is 17.7 Å². The standard InChI is InChI=1S/C16H22ClFN2O2/c17-14-2-1-3-15(18)13(14)7-11-20-9-5-12(6-10-20)4-8-19-16(21)22/h1-3,12,19H,4-11H2,(H,21,22). The number of carboxylic acid groups (broad SMARTS) is 1. The van der Waals surface area contributed by atoms with Gasteiger partial charge in [-0.2, -0.15) is 0 Å². The number of nitrogens with zero attached hydrogens (tertiary/aromatic N) is 1. The van der Waals surface area contributed by atoms with Crippen LogP contribution in [0.5, 0.6) is 0 Å². The number of piperidine rings is 1. The molecule has 2 N–H and O–H groups in total. The summed E-state index contributed by atoms with van der Waals surface area (Å²) < 4.78 is 13.7. The molecular formula is C16H22ClFN2O2. The second-order valence-electron chi connectivity index (χ2n) is 5.76. The minimum Gasteiger partial charge on any atom is -0.465 e. The summed E-state index contributed by atoms with van der Waals surface area (Å²) in [5.41, 5.74) is 0.594. The minimum absolute atomic E-state index is 0.234. The molecule has 1 aliphatic rings. The summed E-state index contributed by atoms with van der Waals surface area (Å²) in [5, 5.41) is 11.5. The van der Waals surface area contributed by atoms with Crippen molar-refractivity contribution >= 4 is 17.7 Å². The molecule has 1 amide bonds. The first-order chi connectivity index (χ1) is 10.6. The van der Waals surface area contributed by atoms with Crippen molar-refractivity contribution in [3.05, 3.63) is 34.6 Å². The highest BCUT2D eigenvalue weighted by Crippen LogP contribution is 2.22. The van der Waals surface area contributed by atoms with Gasteiger partial charge in [-0.25, -0.2) is 9.18 Å². The van der Waals surface area contributed by atoms with E-state index in [2.05, 4.69) is 10.2 Å². The van der Waals surface area contributed by atoms with Crippen molar-refractivity contribution in [2.45, 2.75) is 25.7 Å². The fraction of sp³-hybridized carbons (Fsp3) is 0.562. The Labute approximate surface area is 135 Å². The van der Waals surface area contributed by atoms with Crippen LogP contribution in [0.2, 0.25) is 5.02 Å². The fourth-order valence-electron chi connectivity index (χ4n) is 2.92. The molecule has 1 aromatic carbocycles. The molecule has 1 heterocycles. The highest BCUT2D eigenvalue weighted by atomic mass is 35.5. The van der Waals surface area contributed by atoms with Gasteiger partial charge in [0, 0.05) is 23.7 Å². The largest absolute Gasteiger partial charge is 0.465 e. The average Bonchev–Trinajstić information content (AvgIpc) is 2.48. The van der Waals surface area contributed by atoms with E-state index < -0.39 is 6.09 Å². The van der Waals surface area contributed by atoms with Gasteiger partial charge in [0.15, 0.2) is 0 Å². The topological polar surface area (TPSA) is 52.6 Å². The Balaban J connectivity index is 1.70. The fourth-order valence-corrected chi connectivity index (χ4v) is 3.18. The SMILES string of the molecule is O=C(O)NCCC1CCN(CCc2c(F)cccc2Cl)CC1. The molecule has 0 aliphatic carbocycles. The number of amides is 1. The van der Waals surface area contributed by atoms with Crippen LogP contribution in [0.1, 0.15) is 24.8 Å². The molecule has 0 radical (unpaired) electrons. The number of benzene rings is 1. The molecule has 1 saturated heterocycles. The van der Waals surface area contributed by atoms with Crippen LogP contribution in [0, 0.1) is 11.7 Å². The third kappa shape index (κ3) is 5.14. The van der Waals surface area contributed by atoms with Crippen LogP contribution in [-0.2, 0) is 6.42 Å². The molecule has 1 fully saturated rings. The Morgan fingerprint density at radius 2 is 2.14 bits per heavy atom. The van der Waals surface area contributed by atoms with Crippen molar-refractivity contribution in [2.24, 2.45) is 5.92 Å². The number of likely N-dealkylation sites (tertiary alicyclic amines) is 1. The van der Waals surface area contributed by atoms with Gasteiger partial charge in [0.05, 0.1) is 0 Å². The third-order valence-electron chi connectivity index (χ3n) is 4.28. The summed E-state index contributed by atoms with van der Waals surface area (Å²) in [6.07, 6.45) is 2.67.